The molecule has 4 aliphatic carbocycles. The molecule has 4 aliphatic rings. The molecule has 0 aromatic heterocycles. The van der Waals surface area contributed by atoms with Crippen molar-refractivity contribution >= 4 is 31.2 Å². The van der Waals surface area contributed by atoms with Crippen LogP contribution < -0.4 is 0 Å². The van der Waals surface area contributed by atoms with E-state index in [-0.39, 0.29) is 36.0 Å². The Labute approximate surface area is 244 Å². The highest BCUT2D eigenvalue weighted by atomic mass is 32.3. The minimum atomic E-state index is -5.06. The van der Waals surface area contributed by atoms with Crippen LogP contribution in [0.3, 0.4) is 0 Å². The first-order valence-corrected chi connectivity index (χ1v) is 18.4. The molecule has 4 fully saturated rings. The van der Waals surface area contributed by atoms with Crippen LogP contribution in [-0.4, -0.2) is 57.2 Å². The molecule has 238 valence electrons. The van der Waals surface area contributed by atoms with Crippen LogP contribution in [0.5, 0.6) is 0 Å². The van der Waals surface area contributed by atoms with Crippen LogP contribution >= 0.6 is 0 Å². The van der Waals surface area contributed by atoms with E-state index in [9.17, 15) is 38.9 Å². The van der Waals surface area contributed by atoms with Crippen molar-refractivity contribution in [2.45, 2.75) is 97.9 Å². The van der Waals surface area contributed by atoms with E-state index < -0.39 is 60.8 Å². The Morgan fingerprint density at radius 3 is 1.78 bits per heavy atom. The molecule has 0 spiro atoms. The largest absolute Gasteiger partial charge is 0.397 e. The maximum Gasteiger partial charge on any atom is 0.397 e. The van der Waals surface area contributed by atoms with Crippen molar-refractivity contribution in [1.29, 1.82) is 0 Å². The Morgan fingerprint density at radius 1 is 0.683 bits per heavy atom. The third kappa shape index (κ3) is 7.19. The smallest absolute Gasteiger partial charge is 0.264 e. The highest BCUT2D eigenvalue weighted by Crippen LogP contribution is 2.69. The Bertz CT molecular complexity index is 1330. The summed E-state index contributed by atoms with van der Waals surface area (Å²) in [5, 5.41) is 0. The van der Waals surface area contributed by atoms with Crippen molar-refractivity contribution < 1.29 is 51.5 Å². The molecule has 3 N–H and O–H groups in total. The molecule has 0 bridgehead atoms. The fourth-order valence-electron chi connectivity index (χ4n) is 9.47. The van der Waals surface area contributed by atoms with Gasteiger partial charge in [0, 0.05) is 0 Å². The predicted molar refractivity (Wildman–Crippen MR) is 148 cm³/mol. The Balaban J connectivity index is 1.72. The molecular weight excluding hydrogens is 600 g/mol. The van der Waals surface area contributed by atoms with Gasteiger partial charge in [0.05, 0.1) is 6.10 Å². The van der Waals surface area contributed by atoms with Gasteiger partial charge in [0.25, 0.3) is 0 Å². The molecule has 4 rings (SSSR count). The molecule has 0 aromatic carbocycles. The summed E-state index contributed by atoms with van der Waals surface area (Å²) < 4.78 is 114. The second-order valence-corrected chi connectivity index (χ2v) is 16.7. The number of fused-ring (bicyclic) bond motifs is 5. The van der Waals surface area contributed by atoms with Gasteiger partial charge in [-0.15, -0.1) is 0 Å². The number of hydrogen-bond donors (Lipinski definition) is 3. The summed E-state index contributed by atoms with van der Waals surface area (Å²) in [4.78, 5) is 0. The summed E-state index contributed by atoms with van der Waals surface area (Å²) in [6.07, 6.45) is 4.00. The lowest BCUT2D eigenvalue weighted by molar-refractivity contribution is -0.183. The molecule has 4 unspecified atom stereocenters. The van der Waals surface area contributed by atoms with Crippen LogP contribution in [-0.2, 0) is 43.7 Å². The van der Waals surface area contributed by atoms with Gasteiger partial charge in [0.15, 0.2) is 0 Å². The van der Waals surface area contributed by atoms with Crippen molar-refractivity contribution in [3.63, 3.8) is 0 Å². The number of hydrogen-bond acceptors (Lipinski definition) is 9. The minimum Gasteiger partial charge on any atom is -0.264 e. The van der Waals surface area contributed by atoms with Crippen LogP contribution in [0.15, 0.2) is 12.2 Å². The molecule has 0 aromatic rings. The molecule has 41 heavy (non-hydrogen) atoms. The van der Waals surface area contributed by atoms with Gasteiger partial charge in [-0.05, 0) is 97.2 Å². The van der Waals surface area contributed by atoms with E-state index in [1.807, 2.05) is 6.92 Å². The summed E-state index contributed by atoms with van der Waals surface area (Å²) in [6, 6.07) is 0. The van der Waals surface area contributed by atoms with Crippen LogP contribution in [0.2, 0.25) is 0 Å². The van der Waals surface area contributed by atoms with E-state index in [1.54, 1.807) is 0 Å². The van der Waals surface area contributed by atoms with E-state index in [4.69, 9.17) is 12.5 Å². The SMILES string of the molecule is CC(C)/C=C/[C@@H](C)[C@H]1CC[C@H]2[C@@H]3CC(OS(=O)(=O)O)C4CC(OS(=O)(=O)O)C(OS(=O)(=O)O)C[C@]4(C)[C@H]3CC[C@]12C. The Hall–Kier alpha value is -0.650. The first-order valence-electron chi connectivity index (χ1n) is 14.3. The van der Waals surface area contributed by atoms with Gasteiger partial charge in [-0.1, -0.05) is 46.8 Å². The number of rotatable bonds is 9. The van der Waals surface area contributed by atoms with Gasteiger partial charge < -0.3 is 0 Å². The summed E-state index contributed by atoms with van der Waals surface area (Å²) in [5.74, 6) is 0.701. The molecule has 11 atom stereocenters. The second-order valence-electron chi connectivity index (χ2n) is 13.6. The minimum absolute atomic E-state index is 0.0153. The second kappa shape index (κ2) is 11.4. The van der Waals surface area contributed by atoms with E-state index in [1.165, 1.54) is 0 Å². The normalized spacial score (nSPS) is 42.6. The predicted octanol–water partition coefficient (Wildman–Crippen LogP) is 4.28. The third-order valence-electron chi connectivity index (χ3n) is 10.9. The van der Waals surface area contributed by atoms with Gasteiger partial charge >= 0.3 is 31.2 Å². The Kier molecular flexibility index (Phi) is 9.22. The van der Waals surface area contributed by atoms with Crippen molar-refractivity contribution in [2.75, 3.05) is 0 Å². The summed E-state index contributed by atoms with van der Waals surface area (Å²) in [6.45, 7) is 10.7. The van der Waals surface area contributed by atoms with Crippen LogP contribution in [0.25, 0.3) is 0 Å². The van der Waals surface area contributed by atoms with Gasteiger partial charge in [-0.2, -0.15) is 25.3 Å². The van der Waals surface area contributed by atoms with Crippen LogP contribution in [0, 0.1) is 52.3 Å². The molecule has 0 amide bonds. The zero-order chi connectivity index (χ0) is 30.8. The highest BCUT2D eigenvalue weighted by molar-refractivity contribution is 7.81. The number of allylic oxidation sites excluding steroid dienone is 2. The molecule has 0 aliphatic heterocycles. The average Bonchev–Trinajstić information content (AvgIpc) is 3.13. The molecule has 0 heterocycles. The summed E-state index contributed by atoms with van der Waals surface area (Å²) in [5.41, 5.74) is -0.849. The van der Waals surface area contributed by atoms with Crippen molar-refractivity contribution in [2.24, 2.45) is 52.3 Å². The zero-order valence-corrected chi connectivity index (χ0v) is 26.6. The molecule has 15 heteroatoms. The van der Waals surface area contributed by atoms with E-state index in [2.05, 4.69) is 39.8 Å². The lowest BCUT2D eigenvalue weighted by Gasteiger charge is -2.63. The summed E-state index contributed by atoms with van der Waals surface area (Å²) in [7, 11) is -15.0. The topological polar surface area (TPSA) is 191 Å². The summed E-state index contributed by atoms with van der Waals surface area (Å²) >= 11 is 0. The quantitative estimate of drug-likeness (QED) is 0.239. The standard InChI is InChI=1S/C26H44O12S3/c1-15(2)6-7-16(3)18-8-9-19-17-12-22(36-39(27,28)29)21-13-23(37-40(30,31)32)24(38-41(33,34)35)14-26(21,5)20(17)10-11-25(18,19)4/h6-7,15-24H,8-14H2,1-5H3,(H,27,28,29)(H,30,31,32)(H,33,34,35)/b7-6+/t16-,17+,18-,19+,20+,21?,22?,23?,24?,25-,26-/m1/s1. The molecule has 0 saturated heterocycles. The van der Waals surface area contributed by atoms with Crippen LogP contribution in [0.4, 0.5) is 0 Å². The van der Waals surface area contributed by atoms with Gasteiger partial charge in [-0.25, -0.2) is 12.5 Å². The lowest BCUT2D eigenvalue weighted by Crippen LogP contribution is -2.62. The van der Waals surface area contributed by atoms with E-state index >= 15 is 0 Å². The fraction of sp³-hybridized carbons (Fsp3) is 0.923. The molecule has 12 nitrogen and oxygen atoms in total. The fourth-order valence-corrected chi connectivity index (χ4v) is 11.0. The third-order valence-corrected chi connectivity index (χ3v) is 12.3. The molecular formula is C26H44O12S3. The van der Waals surface area contributed by atoms with Crippen molar-refractivity contribution in [3.8, 4) is 0 Å². The van der Waals surface area contributed by atoms with Crippen molar-refractivity contribution in [3.05, 3.63) is 12.2 Å². The zero-order valence-electron chi connectivity index (χ0n) is 24.1. The van der Waals surface area contributed by atoms with E-state index in [0.717, 1.165) is 25.7 Å². The van der Waals surface area contributed by atoms with Gasteiger partial charge in [0.1, 0.15) is 12.2 Å². The maximum atomic E-state index is 12.0. The first kappa shape index (κ1) is 33.2. The molecule has 4 saturated carbocycles. The average molecular weight is 645 g/mol. The molecule has 0 radical (unpaired) electrons. The first-order chi connectivity index (χ1) is 18.6. The van der Waals surface area contributed by atoms with Crippen LogP contribution in [0.1, 0.15) is 79.6 Å². The monoisotopic (exact) mass is 644 g/mol. The maximum absolute atomic E-state index is 12.0. The van der Waals surface area contributed by atoms with Gasteiger partial charge in [-0.3, -0.25) is 13.7 Å². The lowest BCUT2D eigenvalue weighted by atomic mass is 9.43. The van der Waals surface area contributed by atoms with Gasteiger partial charge in [0.2, 0.25) is 0 Å². The highest BCUT2D eigenvalue weighted by Gasteiger charge is 2.65. The van der Waals surface area contributed by atoms with Crippen molar-refractivity contribution in [1.82, 2.24) is 0 Å². The Morgan fingerprint density at radius 2 is 1.22 bits per heavy atom. The van der Waals surface area contributed by atoms with E-state index in [0.29, 0.717) is 24.2 Å².